The fourth-order valence-electron chi connectivity index (χ4n) is 2.23. The second-order valence-electron chi connectivity index (χ2n) is 5.22. The van der Waals surface area contributed by atoms with Crippen LogP contribution in [0.25, 0.3) is 0 Å². The molecule has 2 aromatic carbocycles. The number of ether oxygens (including phenoxy) is 2. The van der Waals surface area contributed by atoms with E-state index in [0.717, 1.165) is 24.2 Å². The number of benzene rings is 2. The van der Waals surface area contributed by atoms with E-state index in [-0.39, 0.29) is 5.97 Å². The predicted octanol–water partition coefficient (Wildman–Crippen LogP) is 4.19. The molecule has 116 valence electrons. The van der Waals surface area contributed by atoms with Crippen molar-refractivity contribution in [2.24, 2.45) is 0 Å². The van der Waals surface area contributed by atoms with Gasteiger partial charge in [0.2, 0.25) is 0 Å². The Bertz CT molecular complexity index is 585. The molecule has 0 N–H and O–H groups in total. The van der Waals surface area contributed by atoms with Crippen LogP contribution in [-0.2, 0) is 17.6 Å². The molecule has 3 heteroatoms. The van der Waals surface area contributed by atoms with Crippen LogP contribution >= 0.6 is 0 Å². The Morgan fingerprint density at radius 3 is 1.95 bits per heavy atom. The third kappa shape index (κ3) is 4.92. The van der Waals surface area contributed by atoms with Gasteiger partial charge >= 0.3 is 5.97 Å². The molecular weight excluding hydrogens is 276 g/mol. The number of carbonyl (C=O) groups is 1. The molecule has 0 saturated heterocycles. The Morgan fingerprint density at radius 2 is 1.41 bits per heavy atom. The standard InChI is InChI=1S/C19H22O3/c1-3-4-15-7-12-18(13-8-15)22-19(20)14-9-16-5-10-17(21-2)11-6-16/h5-8,10-13H,3-4,9,14H2,1-2H3. The van der Waals surface area contributed by atoms with Gasteiger partial charge in [-0.05, 0) is 48.2 Å². The lowest BCUT2D eigenvalue weighted by atomic mass is 10.1. The van der Waals surface area contributed by atoms with Crippen molar-refractivity contribution in [1.82, 2.24) is 0 Å². The number of carbonyl (C=O) groups excluding carboxylic acids is 1. The van der Waals surface area contributed by atoms with E-state index in [1.165, 1.54) is 5.56 Å². The molecule has 0 fully saturated rings. The highest BCUT2D eigenvalue weighted by Gasteiger charge is 2.06. The van der Waals surface area contributed by atoms with Crippen molar-refractivity contribution in [3.63, 3.8) is 0 Å². The highest BCUT2D eigenvalue weighted by atomic mass is 16.5. The maximum Gasteiger partial charge on any atom is 0.311 e. The Hall–Kier alpha value is -2.29. The average Bonchev–Trinajstić information content (AvgIpc) is 2.55. The summed E-state index contributed by atoms with van der Waals surface area (Å²) in [5.74, 6) is 1.22. The minimum Gasteiger partial charge on any atom is -0.497 e. The van der Waals surface area contributed by atoms with Crippen LogP contribution in [0.5, 0.6) is 11.5 Å². The molecule has 0 aromatic heterocycles. The number of hydrogen-bond donors (Lipinski definition) is 0. The molecule has 0 amide bonds. The van der Waals surface area contributed by atoms with Crippen molar-refractivity contribution in [3.05, 3.63) is 59.7 Å². The van der Waals surface area contributed by atoms with Gasteiger partial charge in [-0.25, -0.2) is 0 Å². The van der Waals surface area contributed by atoms with Crippen molar-refractivity contribution < 1.29 is 14.3 Å². The van der Waals surface area contributed by atoms with Gasteiger partial charge in [0.05, 0.1) is 7.11 Å². The summed E-state index contributed by atoms with van der Waals surface area (Å²) in [4.78, 5) is 11.9. The highest BCUT2D eigenvalue weighted by Crippen LogP contribution is 2.16. The zero-order valence-electron chi connectivity index (χ0n) is 13.2. The van der Waals surface area contributed by atoms with Crippen molar-refractivity contribution in [3.8, 4) is 11.5 Å². The first kappa shape index (κ1) is 16.1. The third-order valence-corrected chi connectivity index (χ3v) is 3.47. The summed E-state index contributed by atoms with van der Waals surface area (Å²) in [7, 11) is 1.64. The fourth-order valence-corrected chi connectivity index (χ4v) is 2.23. The summed E-state index contributed by atoms with van der Waals surface area (Å²) in [6, 6.07) is 15.5. The summed E-state index contributed by atoms with van der Waals surface area (Å²) in [6.07, 6.45) is 3.19. The predicted molar refractivity (Wildman–Crippen MR) is 87.4 cm³/mol. The molecule has 0 heterocycles. The quantitative estimate of drug-likeness (QED) is 0.568. The van der Waals surface area contributed by atoms with Crippen LogP contribution in [0.3, 0.4) is 0 Å². The monoisotopic (exact) mass is 298 g/mol. The molecule has 0 saturated carbocycles. The molecule has 0 unspecified atom stereocenters. The van der Waals surface area contributed by atoms with E-state index in [4.69, 9.17) is 9.47 Å². The Kier molecular flexibility index (Phi) is 6.01. The largest absolute Gasteiger partial charge is 0.497 e. The third-order valence-electron chi connectivity index (χ3n) is 3.47. The average molecular weight is 298 g/mol. The summed E-state index contributed by atoms with van der Waals surface area (Å²) >= 11 is 0. The maximum atomic E-state index is 11.9. The minimum absolute atomic E-state index is 0.209. The summed E-state index contributed by atoms with van der Waals surface area (Å²) in [5.41, 5.74) is 2.36. The van der Waals surface area contributed by atoms with Crippen LogP contribution in [0.2, 0.25) is 0 Å². The number of hydrogen-bond acceptors (Lipinski definition) is 3. The second-order valence-corrected chi connectivity index (χ2v) is 5.22. The Labute approximate surface area is 131 Å². The van der Waals surface area contributed by atoms with E-state index in [1.807, 2.05) is 48.5 Å². The Balaban J connectivity index is 1.81. The van der Waals surface area contributed by atoms with Gasteiger partial charge in [0, 0.05) is 6.42 Å². The molecule has 0 radical (unpaired) electrons. The molecule has 2 aromatic rings. The first-order valence-corrected chi connectivity index (χ1v) is 7.64. The van der Waals surface area contributed by atoms with Crippen LogP contribution in [0.15, 0.2) is 48.5 Å². The zero-order chi connectivity index (χ0) is 15.8. The maximum absolute atomic E-state index is 11.9. The summed E-state index contributed by atoms with van der Waals surface area (Å²) in [6.45, 7) is 2.15. The van der Waals surface area contributed by atoms with Gasteiger partial charge < -0.3 is 9.47 Å². The molecule has 0 aliphatic carbocycles. The van der Waals surface area contributed by atoms with Crippen molar-refractivity contribution in [2.75, 3.05) is 7.11 Å². The van der Waals surface area contributed by atoms with Crippen LogP contribution in [0.1, 0.15) is 30.9 Å². The van der Waals surface area contributed by atoms with E-state index in [2.05, 4.69) is 6.92 Å². The highest BCUT2D eigenvalue weighted by molar-refractivity contribution is 5.72. The SMILES string of the molecule is CCCc1ccc(OC(=O)CCc2ccc(OC)cc2)cc1. The first-order valence-electron chi connectivity index (χ1n) is 7.64. The van der Waals surface area contributed by atoms with Crippen LogP contribution in [0.4, 0.5) is 0 Å². The van der Waals surface area contributed by atoms with E-state index in [0.29, 0.717) is 18.6 Å². The molecule has 0 bridgehead atoms. The smallest absolute Gasteiger partial charge is 0.311 e. The minimum atomic E-state index is -0.209. The van der Waals surface area contributed by atoms with Gasteiger partial charge in [-0.3, -0.25) is 4.79 Å². The molecular formula is C19H22O3. The lowest BCUT2D eigenvalue weighted by Gasteiger charge is -2.06. The topological polar surface area (TPSA) is 35.5 Å². The molecule has 3 nitrogen and oxygen atoms in total. The van der Waals surface area contributed by atoms with Gasteiger partial charge in [0.1, 0.15) is 11.5 Å². The summed E-state index contributed by atoms with van der Waals surface area (Å²) in [5, 5.41) is 0. The van der Waals surface area contributed by atoms with Gasteiger partial charge in [-0.15, -0.1) is 0 Å². The van der Waals surface area contributed by atoms with Crippen LogP contribution < -0.4 is 9.47 Å². The van der Waals surface area contributed by atoms with Gasteiger partial charge in [0.15, 0.2) is 0 Å². The van der Waals surface area contributed by atoms with Crippen molar-refractivity contribution >= 4 is 5.97 Å². The van der Waals surface area contributed by atoms with Crippen LogP contribution in [0, 0.1) is 0 Å². The first-order chi connectivity index (χ1) is 10.7. The van der Waals surface area contributed by atoms with Gasteiger partial charge in [-0.2, -0.15) is 0 Å². The summed E-state index contributed by atoms with van der Waals surface area (Å²) < 4.78 is 10.5. The van der Waals surface area contributed by atoms with Crippen LogP contribution in [-0.4, -0.2) is 13.1 Å². The molecule has 2 rings (SSSR count). The Morgan fingerprint density at radius 1 is 0.864 bits per heavy atom. The van der Waals surface area contributed by atoms with Crippen molar-refractivity contribution in [2.45, 2.75) is 32.6 Å². The number of methoxy groups -OCH3 is 1. The van der Waals surface area contributed by atoms with E-state index >= 15 is 0 Å². The van der Waals surface area contributed by atoms with Gasteiger partial charge in [0.25, 0.3) is 0 Å². The normalized spacial score (nSPS) is 10.3. The molecule has 22 heavy (non-hydrogen) atoms. The molecule has 0 atom stereocenters. The van der Waals surface area contributed by atoms with E-state index < -0.39 is 0 Å². The fraction of sp³-hybridized carbons (Fsp3) is 0.316. The second kappa shape index (κ2) is 8.23. The number of aryl methyl sites for hydroxylation is 2. The van der Waals surface area contributed by atoms with Crippen molar-refractivity contribution in [1.29, 1.82) is 0 Å². The lowest BCUT2D eigenvalue weighted by molar-refractivity contribution is -0.134. The van der Waals surface area contributed by atoms with E-state index in [9.17, 15) is 4.79 Å². The molecule has 0 aliphatic rings. The van der Waals surface area contributed by atoms with E-state index in [1.54, 1.807) is 7.11 Å². The number of rotatable bonds is 7. The lowest BCUT2D eigenvalue weighted by Crippen LogP contribution is -2.09. The number of esters is 1. The molecule has 0 aliphatic heterocycles. The van der Waals surface area contributed by atoms with Gasteiger partial charge in [-0.1, -0.05) is 37.6 Å². The zero-order valence-corrected chi connectivity index (χ0v) is 13.2. The molecule has 0 spiro atoms.